The Bertz CT molecular complexity index is 1250. The van der Waals surface area contributed by atoms with Crippen LogP contribution in [-0.4, -0.2) is 77.7 Å². The van der Waals surface area contributed by atoms with Crippen LogP contribution < -0.4 is 15.4 Å². The van der Waals surface area contributed by atoms with Crippen LogP contribution in [0.3, 0.4) is 0 Å². The summed E-state index contributed by atoms with van der Waals surface area (Å²) in [6, 6.07) is 5.50. The molecule has 3 aliphatic rings. The molecule has 0 radical (unpaired) electrons. The number of benzene rings is 1. The summed E-state index contributed by atoms with van der Waals surface area (Å²) in [4.78, 5) is 59.8. The van der Waals surface area contributed by atoms with Crippen molar-refractivity contribution in [2.24, 2.45) is 11.8 Å². The fraction of sp³-hybridized carbons (Fsp3) is 0.552. The number of aromatic nitrogens is 1. The maximum absolute atomic E-state index is 14.1. The standard InChI is InChI=1S/C29H37N5O5S/c1-18(35)32-14-23-26-19(10-13-34(23)28(37)22-8-4-3-7-21(22)27(36)30-2)6-5-9-24(26)39-20-11-12-33(16-20)29(38)25-15-31-17-40-25/h5-6,9,15,17,20-23H,3-4,7-8,10-14,16H2,1-2H3,(H,30,36)(H,32,35)/t20-,21+,22?,23+/m0/s1. The predicted octanol–water partition coefficient (Wildman–Crippen LogP) is 2.55. The van der Waals surface area contributed by atoms with Crippen molar-refractivity contribution in [2.45, 2.75) is 57.6 Å². The van der Waals surface area contributed by atoms with Gasteiger partial charge in [0.15, 0.2) is 0 Å². The van der Waals surface area contributed by atoms with E-state index in [1.165, 1.54) is 18.3 Å². The Morgan fingerprint density at radius 2 is 1.90 bits per heavy atom. The summed E-state index contributed by atoms with van der Waals surface area (Å²) in [6.45, 7) is 3.30. The number of nitrogens with one attached hydrogen (secondary N) is 2. The largest absolute Gasteiger partial charge is 0.488 e. The first kappa shape index (κ1) is 28.1. The van der Waals surface area contributed by atoms with Gasteiger partial charge in [0.2, 0.25) is 17.7 Å². The highest BCUT2D eigenvalue weighted by atomic mass is 32.1. The summed E-state index contributed by atoms with van der Waals surface area (Å²) in [5.74, 6) is -0.392. The van der Waals surface area contributed by atoms with E-state index in [1.807, 2.05) is 23.1 Å². The number of carbonyl (C=O) groups is 4. The summed E-state index contributed by atoms with van der Waals surface area (Å²) in [7, 11) is 1.62. The molecular weight excluding hydrogens is 530 g/mol. The molecule has 1 aromatic carbocycles. The van der Waals surface area contributed by atoms with Crippen molar-refractivity contribution in [3.8, 4) is 5.75 Å². The normalized spacial score (nSPS) is 24.2. The maximum atomic E-state index is 14.1. The van der Waals surface area contributed by atoms with Gasteiger partial charge in [0.25, 0.3) is 5.91 Å². The Morgan fingerprint density at radius 1 is 1.10 bits per heavy atom. The third-order valence-electron chi connectivity index (χ3n) is 8.35. The minimum atomic E-state index is -0.417. The van der Waals surface area contributed by atoms with Gasteiger partial charge in [-0.2, -0.15) is 0 Å². The molecule has 2 aromatic rings. The Balaban J connectivity index is 1.39. The molecule has 2 aliphatic heterocycles. The van der Waals surface area contributed by atoms with Crippen LogP contribution in [-0.2, 0) is 20.8 Å². The Morgan fingerprint density at radius 3 is 2.62 bits per heavy atom. The van der Waals surface area contributed by atoms with Gasteiger partial charge < -0.3 is 25.2 Å². The number of hydrogen-bond acceptors (Lipinski definition) is 7. The van der Waals surface area contributed by atoms with Gasteiger partial charge in [-0.15, -0.1) is 11.3 Å². The van der Waals surface area contributed by atoms with E-state index < -0.39 is 6.04 Å². The number of ether oxygens (including phenoxy) is 1. The van der Waals surface area contributed by atoms with Crippen LogP contribution >= 0.6 is 11.3 Å². The van der Waals surface area contributed by atoms with Crippen LogP contribution in [0.5, 0.6) is 5.75 Å². The molecule has 2 fully saturated rings. The zero-order chi connectivity index (χ0) is 28.2. The zero-order valence-corrected chi connectivity index (χ0v) is 23.9. The maximum Gasteiger partial charge on any atom is 0.265 e. The molecule has 0 bridgehead atoms. The third-order valence-corrected chi connectivity index (χ3v) is 9.11. The van der Waals surface area contributed by atoms with Crippen LogP contribution in [0.25, 0.3) is 0 Å². The lowest BCUT2D eigenvalue weighted by atomic mass is 9.77. The number of fused-ring (bicyclic) bond motifs is 1. The number of amides is 4. The molecule has 1 aliphatic carbocycles. The van der Waals surface area contributed by atoms with Gasteiger partial charge in [-0.05, 0) is 30.9 Å². The minimum Gasteiger partial charge on any atom is -0.488 e. The number of thiazole rings is 1. The second-order valence-corrected chi connectivity index (χ2v) is 11.7. The monoisotopic (exact) mass is 567 g/mol. The quantitative estimate of drug-likeness (QED) is 0.531. The van der Waals surface area contributed by atoms with Gasteiger partial charge in [-0.25, -0.2) is 0 Å². The fourth-order valence-electron chi connectivity index (χ4n) is 6.36. The highest BCUT2D eigenvalue weighted by Crippen LogP contribution is 2.40. The highest BCUT2D eigenvalue weighted by Gasteiger charge is 2.42. The Labute approximate surface area is 238 Å². The number of hydrogen-bond donors (Lipinski definition) is 2. The van der Waals surface area contributed by atoms with Crippen LogP contribution in [0.15, 0.2) is 29.9 Å². The lowest BCUT2D eigenvalue weighted by Crippen LogP contribution is -2.50. The van der Waals surface area contributed by atoms with Crippen molar-refractivity contribution >= 4 is 35.0 Å². The molecule has 3 heterocycles. The summed E-state index contributed by atoms with van der Waals surface area (Å²) >= 11 is 1.33. The van der Waals surface area contributed by atoms with Crippen LogP contribution in [0.4, 0.5) is 0 Å². The lowest BCUT2D eigenvalue weighted by Gasteiger charge is -2.42. The third kappa shape index (κ3) is 5.84. The summed E-state index contributed by atoms with van der Waals surface area (Å²) in [5, 5.41) is 5.66. The number of likely N-dealkylation sites (tertiary alicyclic amines) is 1. The number of carbonyl (C=O) groups excluding carboxylic acids is 4. The minimum absolute atomic E-state index is 0.0358. The van der Waals surface area contributed by atoms with E-state index in [-0.39, 0.29) is 48.1 Å². The SMILES string of the molecule is CNC(=O)[C@@H]1CCCCC1C(=O)N1CCc2cccc(O[C@H]3CCN(C(=O)c4cncs4)C3)c2[C@H]1CNC(C)=O. The molecule has 1 unspecified atom stereocenters. The molecule has 4 amide bonds. The van der Waals surface area contributed by atoms with Crippen molar-refractivity contribution in [1.29, 1.82) is 0 Å². The fourth-order valence-corrected chi connectivity index (χ4v) is 6.95. The average molecular weight is 568 g/mol. The van der Waals surface area contributed by atoms with Crippen molar-refractivity contribution in [3.05, 3.63) is 45.9 Å². The van der Waals surface area contributed by atoms with E-state index in [2.05, 4.69) is 15.6 Å². The second kappa shape index (κ2) is 12.4. The Hall–Kier alpha value is -3.47. The first-order chi connectivity index (χ1) is 19.4. The smallest absolute Gasteiger partial charge is 0.265 e. The molecule has 1 saturated carbocycles. The van der Waals surface area contributed by atoms with E-state index in [4.69, 9.17) is 4.74 Å². The molecular formula is C29H37N5O5S. The van der Waals surface area contributed by atoms with Crippen molar-refractivity contribution < 1.29 is 23.9 Å². The molecule has 0 spiro atoms. The zero-order valence-electron chi connectivity index (χ0n) is 23.1. The molecule has 4 atom stereocenters. The molecule has 214 valence electrons. The van der Waals surface area contributed by atoms with Crippen molar-refractivity contribution in [1.82, 2.24) is 25.4 Å². The molecule has 10 nitrogen and oxygen atoms in total. The van der Waals surface area contributed by atoms with E-state index >= 15 is 0 Å². The first-order valence-electron chi connectivity index (χ1n) is 14.1. The lowest BCUT2D eigenvalue weighted by molar-refractivity contribution is -0.146. The van der Waals surface area contributed by atoms with E-state index in [0.717, 1.165) is 24.0 Å². The van der Waals surface area contributed by atoms with Crippen LogP contribution in [0.1, 0.15) is 65.9 Å². The summed E-state index contributed by atoms with van der Waals surface area (Å²) in [6.07, 6.45) is 5.98. The van der Waals surface area contributed by atoms with Crippen LogP contribution in [0, 0.1) is 11.8 Å². The van der Waals surface area contributed by atoms with Gasteiger partial charge >= 0.3 is 0 Å². The summed E-state index contributed by atoms with van der Waals surface area (Å²) in [5.41, 5.74) is 3.63. The second-order valence-electron chi connectivity index (χ2n) is 10.8. The molecule has 2 N–H and O–H groups in total. The predicted molar refractivity (Wildman–Crippen MR) is 150 cm³/mol. The average Bonchev–Trinajstić information content (AvgIpc) is 3.68. The summed E-state index contributed by atoms with van der Waals surface area (Å²) < 4.78 is 6.54. The highest BCUT2D eigenvalue weighted by molar-refractivity contribution is 7.11. The number of nitrogens with zero attached hydrogens (tertiary/aromatic N) is 3. The van der Waals surface area contributed by atoms with Gasteiger partial charge in [0.1, 0.15) is 16.7 Å². The van der Waals surface area contributed by atoms with E-state index in [0.29, 0.717) is 55.9 Å². The van der Waals surface area contributed by atoms with Gasteiger partial charge in [-0.3, -0.25) is 24.2 Å². The van der Waals surface area contributed by atoms with Crippen molar-refractivity contribution in [2.75, 3.05) is 33.2 Å². The van der Waals surface area contributed by atoms with Crippen LogP contribution in [0.2, 0.25) is 0 Å². The van der Waals surface area contributed by atoms with E-state index in [1.54, 1.807) is 23.7 Å². The van der Waals surface area contributed by atoms with Gasteiger partial charge in [0, 0.05) is 57.4 Å². The first-order valence-corrected chi connectivity index (χ1v) is 15.0. The topological polar surface area (TPSA) is 121 Å². The molecule has 40 heavy (non-hydrogen) atoms. The molecule has 5 rings (SSSR count). The molecule has 1 aromatic heterocycles. The van der Waals surface area contributed by atoms with Crippen molar-refractivity contribution in [3.63, 3.8) is 0 Å². The molecule has 11 heteroatoms. The van der Waals surface area contributed by atoms with Gasteiger partial charge in [-0.1, -0.05) is 25.0 Å². The van der Waals surface area contributed by atoms with Gasteiger partial charge in [0.05, 0.1) is 24.3 Å². The number of rotatable bonds is 7. The Kier molecular flexibility index (Phi) is 8.68. The molecule has 1 saturated heterocycles. The van der Waals surface area contributed by atoms with E-state index in [9.17, 15) is 19.2 Å².